The quantitative estimate of drug-likeness (QED) is 0.652. The molecule has 2 heteroatoms. The van der Waals surface area contributed by atoms with E-state index in [0.717, 1.165) is 5.75 Å². The lowest BCUT2D eigenvalue weighted by Gasteiger charge is -2.29. The second-order valence-corrected chi connectivity index (χ2v) is 6.59. The molecule has 21 heavy (non-hydrogen) atoms. The number of aryl methyl sites for hydroxylation is 1. The molecule has 2 aromatic rings. The van der Waals surface area contributed by atoms with Crippen molar-refractivity contribution in [3.8, 4) is 5.75 Å². The lowest BCUT2D eigenvalue weighted by Crippen LogP contribution is -2.14. The van der Waals surface area contributed by atoms with Crippen molar-refractivity contribution in [2.24, 2.45) is 0 Å². The SMILES string of the molecule is CCOc1ccc(C(Br)C2CCCc3ccccc32)cc1. The molecule has 0 bridgehead atoms. The smallest absolute Gasteiger partial charge is 0.119 e. The maximum Gasteiger partial charge on any atom is 0.119 e. The van der Waals surface area contributed by atoms with Crippen molar-refractivity contribution in [3.63, 3.8) is 0 Å². The molecule has 2 atom stereocenters. The van der Waals surface area contributed by atoms with Gasteiger partial charge < -0.3 is 4.74 Å². The number of halogens is 1. The molecular formula is C19H21BrO. The second kappa shape index (κ2) is 6.65. The summed E-state index contributed by atoms with van der Waals surface area (Å²) in [5.74, 6) is 1.51. The fourth-order valence-electron chi connectivity index (χ4n) is 3.24. The molecule has 0 aliphatic heterocycles. The van der Waals surface area contributed by atoms with Crippen LogP contribution in [0.3, 0.4) is 0 Å². The zero-order valence-corrected chi connectivity index (χ0v) is 14.0. The van der Waals surface area contributed by atoms with Crippen molar-refractivity contribution in [2.45, 2.75) is 36.9 Å². The summed E-state index contributed by atoms with van der Waals surface area (Å²) in [6.45, 7) is 2.73. The van der Waals surface area contributed by atoms with Gasteiger partial charge in [0.1, 0.15) is 5.75 Å². The minimum Gasteiger partial charge on any atom is -0.494 e. The molecule has 1 nitrogen and oxygen atoms in total. The zero-order valence-electron chi connectivity index (χ0n) is 12.4. The first-order valence-electron chi connectivity index (χ1n) is 7.74. The summed E-state index contributed by atoms with van der Waals surface area (Å²) in [5.41, 5.74) is 4.36. The van der Waals surface area contributed by atoms with Crippen molar-refractivity contribution < 1.29 is 4.74 Å². The van der Waals surface area contributed by atoms with Crippen LogP contribution in [0.1, 0.15) is 47.2 Å². The minimum atomic E-state index is 0.370. The number of benzene rings is 2. The van der Waals surface area contributed by atoms with Crippen LogP contribution in [0.2, 0.25) is 0 Å². The second-order valence-electron chi connectivity index (χ2n) is 5.60. The van der Waals surface area contributed by atoms with Crippen molar-refractivity contribution in [1.29, 1.82) is 0 Å². The predicted molar refractivity (Wildman–Crippen MR) is 91.4 cm³/mol. The summed E-state index contributed by atoms with van der Waals surface area (Å²) in [6.07, 6.45) is 3.75. The van der Waals surface area contributed by atoms with Crippen LogP contribution in [0.5, 0.6) is 5.75 Å². The van der Waals surface area contributed by atoms with Crippen LogP contribution in [0.25, 0.3) is 0 Å². The van der Waals surface area contributed by atoms with Gasteiger partial charge in [-0.05, 0) is 55.0 Å². The van der Waals surface area contributed by atoms with E-state index >= 15 is 0 Å². The number of ether oxygens (including phenoxy) is 1. The Hall–Kier alpha value is -1.28. The van der Waals surface area contributed by atoms with Gasteiger partial charge in [-0.1, -0.05) is 52.3 Å². The molecule has 0 fully saturated rings. The maximum atomic E-state index is 5.53. The summed E-state index contributed by atoms with van der Waals surface area (Å²) in [7, 11) is 0. The van der Waals surface area contributed by atoms with Crippen molar-refractivity contribution in [2.75, 3.05) is 6.61 Å². The van der Waals surface area contributed by atoms with E-state index in [1.807, 2.05) is 6.92 Å². The van der Waals surface area contributed by atoms with Crippen LogP contribution in [0.4, 0.5) is 0 Å². The van der Waals surface area contributed by atoms with Crippen molar-refractivity contribution in [3.05, 3.63) is 65.2 Å². The van der Waals surface area contributed by atoms with Crippen LogP contribution in [0, 0.1) is 0 Å². The molecule has 2 unspecified atom stereocenters. The summed E-state index contributed by atoms with van der Waals surface area (Å²) in [5, 5.41) is 0. The highest BCUT2D eigenvalue weighted by Gasteiger charge is 2.27. The van der Waals surface area contributed by atoms with Gasteiger partial charge in [-0.15, -0.1) is 0 Å². The Morgan fingerprint density at radius 3 is 2.67 bits per heavy atom. The first-order valence-corrected chi connectivity index (χ1v) is 8.66. The van der Waals surface area contributed by atoms with Crippen LogP contribution < -0.4 is 4.74 Å². The van der Waals surface area contributed by atoms with E-state index in [2.05, 4.69) is 64.5 Å². The molecule has 0 aromatic heterocycles. The normalized spacial score (nSPS) is 18.9. The maximum absolute atomic E-state index is 5.53. The van der Waals surface area contributed by atoms with Crippen molar-refractivity contribution in [1.82, 2.24) is 0 Å². The molecule has 1 aliphatic rings. The molecule has 0 saturated heterocycles. The van der Waals surface area contributed by atoms with Crippen LogP contribution >= 0.6 is 15.9 Å². The van der Waals surface area contributed by atoms with E-state index in [1.54, 1.807) is 0 Å². The van der Waals surface area contributed by atoms with Gasteiger partial charge in [-0.25, -0.2) is 0 Å². The van der Waals surface area contributed by atoms with E-state index in [-0.39, 0.29) is 0 Å². The molecule has 1 aliphatic carbocycles. The summed E-state index contributed by atoms with van der Waals surface area (Å²) >= 11 is 3.94. The molecule has 0 radical (unpaired) electrons. The Kier molecular flexibility index (Phi) is 4.64. The van der Waals surface area contributed by atoms with Gasteiger partial charge in [0, 0.05) is 10.7 Å². The molecule has 2 aromatic carbocycles. The number of fused-ring (bicyclic) bond motifs is 1. The fraction of sp³-hybridized carbons (Fsp3) is 0.368. The Morgan fingerprint density at radius 1 is 1.14 bits per heavy atom. The summed E-state index contributed by atoms with van der Waals surface area (Å²) in [6, 6.07) is 17.4. The van der Waals surface area contributed by atoms with Crippen LogP contribution in [-0.4, -0.2) is 6.61 Å². The summed E-state index contributed by atoms with van der Waals surface area (Å²) in [4.78, 5) is 0.370. The molecule has 0 N–H and O–H groups in total. The highest BCUT2D eigenvalue weighted by molar-refractivity contribution is 9.09. The third-order valence-corrected chi connectivity index (χ3v) is 5.45. The first-order chi connectivity index (χ1) is 10.3. The van der Waals surface area contributed by atoms with E-state index in [1.165, 1.54) is 36.0 Å². The fourth-order valence-corrected chi connectivity index (χ4v) is 4.10. The van der Waals surface area contributed by atoms with E-state index in [9.17, 15) is 0 Å². The molecule has 3 rings (SSSR count). The topological polar surface area (TPSA) is 9.23 Å². The van der Waals surface area contributed by atoms with Crippen LogP contribution in [0.15, 0.2) is 48.5 Å². The molecule has 110 valence electrons. The van der Waals surface area contributed by atoms with Gasteiger partial charge >= 0.3 is 0 Å². The zero-order chi connectivity index (χ0) is 14.7. The first kappa shape index (κ1) is 14.6. The average molecular weight is 345 g/mol. The van der Waals surface area contributed by atoms with E-state index < -0.39 is 0 Å². The highest BCUT2D eigenvalue weighted by atomic mass is 79.9. The standard InChI is InChI=1S/C19H21BrO/c1-2-21-16-12-10-15(11-13-16)19(20)18-9-5-7-14-6-3-4-8-17(14)18/h3-4,6,8,10-13,18-19H,2,5,7,9H2,1H3. The Bertz CT molecular complexity index is 591. The number of rotatable bonds is 4. The minimum absolute atomic E-state index is 0.370. The number of alkyl halides is 1. The average Bonchev–Trinajstić information content (AvgIpc) is 2.55. The van der Waals surface area contributed by atoms with Crippen LogP contribution in [-0.2, 0) is 6.42 Å². The third-order valence-electron chi connectivity index (χ3n) is 4.28. The monoisotopic (exact) mass is 344 g/mol. The molecular weight excluding hydrogens is 324 g/mol. The number of hydrogen-bond donors (Lipinski definition) is 0. The van der Waals surface area contributed by atoms with Gasteiger partial charge in [-0.2, -0.15) is 0 Å². The molecule has 0 spiro atoms. The van der Waals surface area contributed by atoms with Gasteiger partial charge in [0.25, 0.3) is 0 Å². The predicted octanol–water partition coefficient (Wildman–Crippen LogP) is 5.64. The lowest BCUT2D eigenvalue weighted by atomic mass is 9.79. The van der Waals surface area contributed by atoms with Gasteiger partial charge in [0.05, 0.1) is 6.61 Å². The third kappa shape index (κ3) is 3.16. The Balaban J connectivity index is 1.84. The van der Waals surface area contributed by atoms with E-state index in [4.69, 9.17) is 4.74 Å². The molecule has 0 saturated carbocycles. The lowest BCUT2D eigenvalue weighted by molar-refractivity contribution is 0.340. The number of hydrogen-bond acceptors (Lipinski definition) is 1. The van der Waals surface area contributed by atoms with Crippen molar-refractivity contribution >= 4 is 15.9 Å². The van der Waals surface area contributed by atoms with Gasteiger partial charge in [0.2, 0.25) is 0 Å². The van der Waals surface area contributed by atoms with Gasteiger partial charge in [-0.3, -0.25) is 0 Å². The van der Waals surface area contributed by atoms with E-state index in [0.29, 0.717) is 17.4 Å². The van der Waals surface area contributed by atoms with Gasteiger partial charge in [0.15, 0.2) is 0 Å². The summed E-state index contributed by atoms with van der Waals surface area (Å²) < 4.78 is 5.53. The molecule has 0 amide bonds. The largest absolute Gasteiger partial charge is 0.494 e. The molecule has 0 heterocycles. The Morgan fingerprint density at radius 2 is 1.90 bits per heavy atom. The Labute approximate surface area is 135 Å². The highest BCUT2D eigenvalue weighted by Crippen LogP contribution is 2.45.